The standard InChI is InChI=1S/C21H22N2O3/c1-14-5-3-4-6-16(14)18-11-20(24)26-21-17(18)7-8-19(22-21)23-10-9-15(12-23)13-25-2/h3-8,11,15H,9-10,12-13H2,1-2H3/t15-/m0/s1. The molecule has 3 aromatic rings. The molecule has 1 fully saturated rings. The van der Waals surface area contributed by atoms with Crippen LogP contribution in [-0.2, 0) is 4.74 Å². The third kappa shape index (κ3) is 3.10. The lowest BCUT2D eigenvalue weighted by Gasteiger charge is -2.18. The predicted molar refractivity (Wildman–Crippen MR) is 103 cm³/mol. The summed E-state index contributed by atoms with van der Waals surface area (Å²) in [4.78, 5) is 19.0. The summed E-state index contributed by atoms with van der Waals surface area (Å²) in [5.74, 6) is 1.36. The Morgan fingerprint density at radius 3 is 2.88 bits per heavy atom. The minimum Gasteiger partial charge on any atom is -0.404 e. The first-order chi connectivity index (χ1) is 12.7. The Bertz CT molecular complexity index is 996. The molecule has 1 aliphatic rings. The number of nitrogens with zero attached hydrogens (tertiary/aromatic N) is 2. The Hall–Kier alpha value is -2.66. The zero-order valence-electron chi connectivity index (χ0n) is 15.1. The summed E-state index contributed by atoms with van der Waals surface area (Å²) in [6.07, 6.45) is 1.08. The molecule has 1 aliphatic heterocycles. The highest BCUT2D eigenvalue weighted by atomic mass is 16.5. The summed E-state index contributed by atoms with van der Waals surface area (Å²) in [5.41, 5.74) is 3.03. The van der Waals surface area contributed by atoms with Crippen LogP contribution in [0.1, 0.15) is 12.0 Å². The van der Waals surface area contributed by atoms with Crippen molar-refractivity contribution in [3.8, 4) is 11.1 Å². The second-order valence-electron chi connectivity index (χ2n) is 6.87. The SMILES string of the molecule is COC[C@H]1CCN(c2ccc3c(-c4ccccc4C)cc(=O)oc3n2)C1. The number of methoxy groups -OCH3 is 1. The molecule has 4 rings (SSSR count). The maximum absolute atomic E-state index is 12.1. The van der Waals surface area contributed by atoms with Crippen LogP contribution in [0.2, 0.25) is 0 Å². The van der Waals surface area contributed by atoms with E-state index < -0.39 is 0 Å². The van der Waals surface area contributed by atoms with Crippen molar-refractivity contribution < 1.29 is 9.15 Å². The van der Waals surface area contributed by atoms with Gasteiger partial charge in [-0.05, 0) is 36.6 Å². The van der Waals surface area contributed by atoms with Gasteiger partial charge in [-0.3, -0.25) is 0 Å². The zero-order valence-corrected chi connectivity index (χ0v) is 15.1. The summed E-state index contributed by atoms with van der Waals surface area (Å²) < 4.78 is 10.7. The average Bonchev–Trinajstić information content (AvgIpc) is 3.10. The maximum atomic E-state index is 12.1. The van der Waals surface area contributed by atoms with Crippen LogP contribution in [0.3, 0.4) is 0 Å². The van der Waals surface area contributed by atoms with Crippen molar-refractivity contribution >= 4 is 16.9 Å². The van der Waals surface area contributed by atoms with Gasteiger partial charge in [-0.1, -0.05) is 24.3 Å². The first kappa shape index (κ1) is 16.8. The van der Waals surface area contributed by atoms with Gasteiger partial charge in [0.15, 0.2) is 0 Å². The van der Waals surface area contributed by atoms with Crippen LogP contribution in [0.25, 0.3) is 22.2 Å². The van der Waals surface area contributed by atoms with Crippen molar-refractivity contribution in [2.24, 2.45) is 5.92 Å². The summed E-state index contributed by atoms with van der Waals surface area (Å²) >= 11 is 0. The van der Waals surface area contributed by atoms with E-state index in [1.165, 1.54) is 0 Å². The van der Waals surface area contributed by atoms with Crippen LogP contribution in [0.4, 0.5) is 5.82 Å². The molecular weight excluding hydrogens is 328 g/mol. The molecule has 1 atom stereocenters. The number of pyridine rings is 1. The number of benzene rings is 1. The predicted octanol–water partition coefficient (Wildman–Crippen LogP) is 3.64. The molecule has 5 heteroatoms. The van der Waals surface area contributed by atoms with E-state index >= 15 is 0 Å². The minimum atomic E-state index is -0.376. The highest BCUT2D eigenvalue weighted by Crippen LogP contribution is 2.31. The van der Waals surface area contributed by atoms with Crippen LogP contribution in [0, 0.1) is 12.8 Å². The Morgan fingerprint density at radius 2 is 2.08 bits per heavy atom. The molecule has 2 aromatic heterocycles. The highest BCUT2D eigenvalue weighted by Gasteiger charge is 2.24. The molecule has 134 valence electrons. The Morgan fingerprint density at radius 1 is 1.23 bits per heavy atom. The fourth-order valence-corrected chi connectivity index (χ4v) is 3.72. The van der Waals surface area contributed by atoms with Crippen LogP contribution < -0.4 is 10.5 Å². The number of fused-ring (bicyclic) bond motifs is 1. The Labute approximate surface area is 152 Å². The lowest BCUT2D eigenvalue weighted by molar-refractivity contribution is 0.161. The van der Waals surface area contributed by atoms with Gasteiger partial charge in [0.25, 0.3) is 0 Å². The molecule has 3 heterocycles. The largest absolute Gasteiger partial charge is 0.404 e. The molecule has 0 radical (unpaired) electrons. The van der Waals surface area contributed by atoms with Crippen molar-refractivity contribution in [3.63, 3.8) is 0 Å². The highest BCUT2D eigenvalue weighted by molar-refractivity contribution is 5.92. The lowest BCUT2D eigenvalue weighted by atomic mass is 9.99. The monoisotopic (exact) mass is 350 g/mol. The maximum Gasteiger partial charge on any atom is 0.338 e. The number of aromatic nitrogens is 1. The minimum absolute atomic E-state index is 0.376. The molecular formula is C21H22N2O3. The number of aryl methyl sites for hydroxylation is 1. The molecule has 0 N–H and O–H groups in total. The number of anilines is 1. The summed E-state index contributed by atoms with van der Waals surface area (Å²) in [5, 5.41) is 0.857. The number of ether oxygens (including phenoxy) is 1. The summed E-state index contributed by atoms with van der Waals surface area (Å²) in [6, 6.07) is 13.6. The first-order valence-electron chi connectivity index (χ1n) is 8.90. The third-order valence-electron chi connectivity index (χ3n) is 5.04. The van der Waals surface area contributed by atoms with E-state index in [2.05, 4.69) is 9.88 Å². The van der Waals surface area contributed by atoms with Gasteiger partial charge in [0, 0.05) is 43.1 Å². The smallest absolute Gasteiger partial charge is 0.338 e. The Balaban J connectivity index is 1.76. The van der Waals surface area contributed by atoms with Gasteiger partial charge in [-0.25, -0.2) is 4.79 Å². The third-order valence-corrected chi connectivity index (χ3v) is 5.04. The summed E-state index contributed by atoms with van der Waals surface area (Å²) in [6.45, 7) is 4.65. The lowest BCUT2D eigenvalue weighted by Crippen LogP contribution is -2.22. The second-order valence-corrected chi connectivity index (χ2v) is 6.87. The van der Waals surface area contributed by atoms with Crippen LogP contribution in [-0.4, -0.2) is 31.8 Å². The van der Waals surface area contributed by atoms with Gasteiger partial charge in [0.05, 0.1) is 6.61 Å². The molecule has 5 nitrogen and oxygen atoms in total. The molecule has 0 bridgehead atoms. The van der Waals surface area contributed by atoms with Gasteiger partial charge in [-0.2, -0.15) is 4.98 Å². The Kier molecular flexibility index (Phi) is 4.47. The topological polar surface area (TPSA) is 55.6 Å². The zero-order chi connectivity index (χ0) is 18.1. The molecule has 1 saturated heterocycles. The van der Waals surface area contributed by atoms with Gasteiger partial charge in [-0.15, -0.1) is 0 Å². The van der Waals surface area contributed by atoms with Crippen molar-refractivity contribution in [3.05, 3.63) is 58.4 Å². The van der Waals surface area contributed by atoms with Gasteiger partial charge < -0.3 is 14.1 Å². The molecule has 1 aromatic carbocycles. The van der Waals surface area contributed by atoms with E-state index in [9.17, 15) is 4.79 Å². The van der Waals surface area contributed by atoms with E-state index in [1.807, 2.05) is 43.3 Å². The number of rotatable bonds is 4. The molecule has 0 spiro atoms. The van der Waals surface area contributed by atoms with Crippen molar-refractivity contribution in [2.75, 3.05) is 31.7 Å². The molecule has 0 amide bonds. The van der Waals surface area contributed by atoms with E-state index in [-0.39, 0.29) is 5.63 Å². The normalized spacial score (nSPS) is 17.2. The fraction of sp³-hybridized carbons (Fsp3) is 0.333. The van der Waals surface area contributed by atoms with E-state index in [1.54, 1.807) is 13.2 Å². The molecule has 0 unspecified atom stereocenters. The van der Waals surface area contributed by atoms with Gasteiger partial charge in [0.2, 0.25) is 5.71 Å². The van der Waals surface area contributed by atoms with Crippen LogP contribution >= 0.6 is 0 Å². The quantitative estimate of drug-likeness (QED) is 0.719. The van der Waals surface area contributed by atoms with Crippen molar-refractivity contribution in [2.45, 2.75) is 13.3 Å². The number of hydrogen-bond donors (Lipinski definition) is 0. The molecule has 26 heavy (non-hydrogen) atoms. The fourth-order valence-electron chi connectivity index (χ4n) is 3.72. The van der Waals surface area contributed by atoms with Gasteiger partial charge in [0.1, 0.15) is 5.82 Å². The number of hydrogen-bond acceptors (Lipinski definition) is 5. The van der Waals surface area contributed by atoms with Crippen molar-refractivity contribution in [1.29, 1.82) is 0 Å². The van der Waals surface area contributed by atoms with E-state index in [0.717, 1.165) is 54.0 Å². The van der Waals surface area contributed by atoms with Crippen LogP contribution in [0.15, 0.2) is 51.7 Å². The summed E-state index contributed by atoms with van der Waals surface area (Å²) in [7, 11) is 1.73. The van der Waals surface area contributed by atoms with E-state index in [0.29, 0.717) is 11.6 Å². The first-order valence-corrected chi connectivity index (χ1v) is 8.90. The van der Waals surface area contributed by atoms with Crippen LogP contribution in [0.5, 0.6) is 0 Å². The van der Waals surface area contributed by atoms with E-state index in [4.69, 9.17) is 9.15 Å². The molecule has 0 saturated carbocycles. The van der Waals surface area contributed by atoms with Crippen molar-refractivity contribution in [1.82, 2.24) is 4.98 Å². The average molecular weight is 350 g/mol. The molecule has 0 aliphatic carbocycles. The second kappa shape index (κ2) is 6.92. The van der Waals surface area contributed by atoms with Gasteiger partial charge >= 0.3 is 5.63 Å².